The van der Waals surface area contributed by atoms with E-state index >= 15 is 0 Å². The predicted octanol–water partition coefficient (Wildman–Crippen LogP) is 10.7. The maximum Gasteiger partial charge on any atom is 0.230 e. The summed E-state index contributed by atoms with van der Waals surface area (Å²) in [6, 6.07) is 34.9. The number of unbranched alkanes of at least 4 members (excludes halogenated alkanes) is 2. The van der Waals surface area contributed by atoms with Crippen molar-refractivity contribution < 1.29 is 29.3 Å². The Morgan fingerprint density at radius 2 is 1.60 bits per heavy atom. The lowest BCUT2D eigenvalue weighted by Crippen LogP contribution is -2.64. The van der Waals surface area contributed by atoms with E-state index in [0.717, 1.165) is 107 Å². The second kappa shape index (κ2) is 21.2. The molecule has 1 saturated carbocycles. The summed E-state index contributed by atoms with van der Waals surface area (Å²) in [6.07, 6.45) is 15.8. The Kier molecular flexibility index (Phi) is 14.8. The quantitative estimate of drug-likeness (QED) is 0.0423. The number of nitrogens with zero attached hydrogens (tertiary/aromatic N) is 3. The first-order valence-electron chi connectivity index (χ1n) is 22.0. The summed E-state index contributed by atoms with van der Waals surface area (Å²) in [4.78, 5) is 15.1. The Bertz CT molecular complexity index is 2260. The molecule has 0 bridgehead atoms. The number of aryl methyl sites for hydroxylation is 1. The van der Waals surface area contributed by atoms with Crippen molar-refractivity contribution in [3.8, 4) is 28.4 Å². The highest BCUT2D eigenvalue weighted by molar-refractivity contribution is 8.00. The molecule has 0 saturated heterocycles. The van der Waals surface area contributed by atoms with Crippen LogP contribution in [0, 0.1) is 17.8 Å². The zero-order valence-electron chi connectivity index (χ0n) is 35.3. The molecule has 0 radical (unpaired) electrons. The average molecular weight is 852 g/mol. The number of thioether (sulfide) groups is 1. The van der Waals surface area contributed by atoms with Crippen LogP contribution in [0.1, 0.15) is 67.7 Å². The van der Waals surface area contributed by atoms with Crippen molar-refractivity contribution in [1.82, 2.24) is 9.97 Å². The molecule has 2 aliphatic carbocycles. The van der Waals surface area contributed by atoms with Crippen molar-refractivity contribution in [3.05, 3.63) is 163 Å². The van der Waals surface area contributed by atoms with Gasteiger partial charge in [-0.05, 0) is 95.9 Å². The van der Waals surface area contributed by atoms with Crippen molar-refractivity contribution in [1.29, 1.82) is 0 Å². The van der Waals surface area contributed by atoms with E-state index in [-0.39, 0.29) is 42.1 Å². The van der Waals surface area contributed by atoms with Gasteiger partial charge >= 0.3 is 0 Å². The largest absolute Gasteiger partial charge is 0.460 e. The lowest BCUT2D eigenvalue weighted by Gasteiger charge is -2.58. The third-order valence-electron chi connectivity index (χ3n) is 12.4. The van der Waals surface area contributed by atoms with E-state index in [2.05, 4.69) is 59.0 Å². The number of hydrogen-bond acceptors (Lipinski definition) is 10. The maximum atomic E-state index is 10.0. The van der Waals surface area contributed by atoms with Crippen LogP contribution in [0.3, 0.4) is 0 Å². The monoisotopic (exact) mass is 851 g/mol. The summed E-state index contributed by atoms with van der Waals surface area (Å²) in [5, 5.41) is 24.7. The smallest absolute Gasteiger partial charge is 0.230 e. The number of hydrogen-bond donors (Lipinski definition) is 2. The molecular formula is C52H57N3O6S. The number of fused-ring (bicyclic) bond motifs is 2. The van der Waals surface area contributed by atoms with Gasteiger partial charge in [0, 0.05) is 56.1 Å². The number of aliphatic hydroxyl groups excluding tert-OH is 2. The van der Waals surface area contributed by atoms with E-state index in [9.17, 15) is 10.2 Å². The maximum absolute atomic E-state index is 10.0. The molecule has 1 fully saturated rings. The van der Waals surface area contributed by atoms with E-state index in [0.29, 0.717) is 19.6 Å². The van der Waals surface area contributed by atoms with Crippen molar-refractivity contribution >= 4 is 17.5 Å². The first-order chi connectivity index (χ1) is 30.6. The zero-order valence-corrected chi connectivity index (χ0v) is 36.1. The number of ether oxygens (including phenoxy) is 3. The summed E-state index contributed by atoms with van der Waals surface area (Å²) < 4.78 is 21.1. The summed E-state index contributed by atoms with van der Waals surface area (Å²) >= 11 is 1.82. The van der Waals surface area contributed by atoms with E-state index in [1.54, 1.807) is 18.5 Å². The number of aromatic nitrogens is 2. The topological polar surface area (TPSA) is 116 Å². The minimum absolute atomic E-state index is 0.0481. The number of benzene rings is 4. The molecule has 62 heavy (non-hydrogen) atoms. The predicted molar refractivity (Wildman–Crippen MR) is 246 cm³/mol. The SMILES string of the molecule is C=CCO[C@@]12Oc3ccc(Oc4ccc(-c5ccccc5)cc4)cc3[C@H]3[C@H](CCCCO)[C@@H](CCCCO)C=C(C(=NOCc4ccccc4)C[C@@H]1SCCc1cnccn1)[C@H]32. The molecular weight excluding hydrogens is 795 g/mol. The molecule has 0 unspecified atom stereocenters. The van der Waals surface area contributed by atoms with Gasteiger partial charge in [-0.1, -0.05) is 103 Å². The van der Waals surface area contributed by atoms with Crippen LogP contribution in [0.5, 0.6) is 17.2 Å². The van der Waals surface area contributed by atoms with Gasteiger partial charge in [0.2, 0.25) is 5.79 Å². The van der Waals surface area contributed by atoms with Crippen LogP contribution in [0.2, 0.25) is 0 Å². The molecule has 6 atom stereocenters. The van der Waals surface area contributed by atoms with E-state index in [1.807, 2.05) is 84.7 Å². The molecule has 9 nitrogen and oxygen atoms in total. The molecule has 5 aromatic rings. The second-order valence-corrected chi connectivity index (χ2v) is 17.6. The van der Waals surface area contributed by atoms with Crippen LogP contribution in [-0.4, -0.2) is 62.5 Å². The zero-order chi connectivity index (χ0) is 42.6. The number of oxime groups is 1. The molecule has 2 N–H and O–H groups in total. The lowest BCUT2D eigenvalue weighted by molar-refractivity contribution is -0.223. The lowest BCUT2D eigenvalue weighted by atomic mass is 9.56. The number of rotatable bonds is 21. The van der Waals surface area contributed by atoms with Gasteiger partial charge in [-0.15, -0.1) is 6.58 Å². The highest BCUT2D eigenvalue weighted by Crippen LogP contribution is 2.62. The summed E-state index contributed by atoms with van der Waals surface area (Å²) in [5.41, 5.74) is 7.33. The molecule has 1 aromatic heterocycles. The van der Waals surface area contributed by atoms with E-state index in [1.165, 1.54) is 0 Å². The summed E-state index contributed by atoms with van der Waals surface area (Å²) in [6.45, 7) is 5.03. The Morgan fingerprint density at radius 3 is 2.34 bits per heavy atom. The fraction of sp³-hybridized carbons (Fsp3) is 0.365. The van der Waals surface area contributed by atoms with Gasteiger partial charge in [0.25, 0.3) is 0 Å². The van der Waals surface area contributed by atoms with Crippen LogP contribution >= 0.6 is 11.8 Å². The molecule has 2 heterocycles. The van der Waals surface area contributed by atoms with Gasteiger partial charge in [0.1, 0.15) is 23.9 Å². The molecule has 3 aliphatic rings. The van der Waals surface area contributed by atoms with Crippen LogP contribution in [0.25, 0.3) is 11.1 Å². The van der Waals surface area contributed by atoms with Crippen molar-refractivity contribution in [3.63, 3.8) is 0 Å². The third-order valence-corrected chi connectivity index (χ3v) is 13.7. The molecule has 10 heteroatoms. The van der Waals surface area contributed by atoms with Crippen molar-refractivity contribution in [2.75, 3.05) is 25.6 Å². The minimum Gasteiger partial charge on any atom is -0.460 e. The summed E-state index contributed by atoms with van der Waals surface area (Å²) in [5.74, 6) is 2.03. The first-order valence-corrected chi connectivity index (χ1v) is 23.1. The van der Waals surface area contributed by atoms with Gasteiger partial charge in [-0.25, -0.2) is 0 Å². The highest BCUT2D eigenvalue weighted by atomic mass is 32.2. The fourth-order valence-corrected chi connectivity index (χ4v) is 10.9. The molecule has 0 spiro atoms. The van der Waals surface area contributed by atoms with E-state index < -0.39 is 5.79 Å². The van der Waals surface area contributed by atoms with Crippen LogP contribution in [0.4, 0.5) is 0 Å². The van der Waals surface area contributed by atoms with Crippen LogP contribution < -0.4 is 9.47 Å². The fourth-order valence-electron chi connectivity index (χ4n) is 9.55. The Hall–Kier alpha value is -5.26. The number of allylic oxidation sites excluding steroid dienone is 1. The minimum atomic E-state index is -1.07. The van der Waals surface area contributed by atoms with Gasteiger partial charge in [0.15, 0.2) is 0 Å². The average Bonchev–Trinajstić information content (AvgIpc) is 3.31. The number of aliphatic hydroxyl groups is 2. The van der Waals surface area contributed by atoms with Gasteiger partial charge in [-0.3, -0.25) is 9.97 Å². The van der Waals surface area contributed by atoms with Gasteiger partial charge < -0.3 is 29.3 Å². The standard InChI is InChI=1S/C52H57N3O6S/c1-2-30-58-52-49(62-31-25-41-35-53-26-27-54-41)34-47(55-59-36-37-13-5-3-6-14-37)45-32-40(17-9-11-28-56)44(18-10-12-29-57)50(51(45)52)46-33-43(23-24-48(46)61-52)60-42-21-19-39(20-22-42)38-15-7-4-8-16-38/h2-8,13-16,19-24,26-27,32-33,35,40,44,49-51,56-57H,1,9-12,17-18,25,28-31,34,36H2/t40-,44+,49-,50+,51+,52+/m0/s1. The molecule has 322 valence electrons. The summed E-state index contributed by atoms with van der Waals surface area (Å²) in [7, 11) is 0. The molecule has 8 rings (SSSR count). The van der Waals surface area contributed by atoms with Crippen LogP contribution in [-0.2, 0) is 22.6 Å². The van der Waals surface area contributed by atoms with E-state index in [4.69, 9.17) is 24.2 Å². The Balaban J connectivity index is 1.22. The van der Waals surface area contributed by atoms with Gasteiger partial charge in [0.05, 0.1) is 29.2 Å². The molecule has 0 amide bonds. The van der Waals surface area contributed by atoms with Crippen molar-refractivity contribution in [2.45, 2.75) is 74.9 Å². The Labute approximate surface area is 369 Å². The van der Waals surface area contributed by atoms with Gasteiger partial charge in [-0.2, -0.15) is 11.8 Å². The van der Waals surface area contributed by atoms with Crippen LogP contribution in [0.15, 0.2) is 151 Å². The Morgan fingerprint density at radius 1 is 0.855 bits per heavy atom. The van der Waals surface area contributed by atoms with Crippen molar-refractivity contribution in [2.24, 2.45) is 22.9 Å². The molecule has 4 aromatic carbocycles. The highest BCUT2D eigenvalue weighted by Gasteiger charge is 2.64. The first kappa shape index (κ1) is 43.4. The normalized spacial score (nSPS) is 23.1. The molecule has 1 aliphatic heterocycles. The third kappa shape index (κ3) is 10.00. The second-order valence-electron chi connectivity index (χ2n) is 16.3.